The summed E-state index contributed by atoms with van der Waals surface area (Å²) >= 11 is 6.39. The molecule has 0 bridgehead atoms. The number of benzene rings is 1. The van der Waals surface area contributed by atoms with Crippen LogP contribution in [0.5, 0.6) is 0 Å². The Morgan fingerprint density at radius 1 is 1.21 bits per heavy atom. The Kier molecular flexibility index (Phi) is 7.58. The van der Waals surface area contributed by atoms with Gasteiger partial charge in [-0.25, -0.2) is 0 Å². The lowest BCUT2D eigenvalue weighted by atomic mass is 9.81. The first-order valence-corrected chi connectivity index (χ1v) is 12.9. The largest absolute Gasteiger partial charge is 0.381 e. The highest BCUT2D eigenvalue weighted by molar-refractivity contribution is 6.33. The maximum Gasteiger partial charge on any atom is 0.241 e. The number of piperazine rings is 1. The predicted molar refractivity (Wildman–Crippen MR) is 135 cm³/mol. The summed E-state index contributed by atoms with van der Waals surface area (Å²) in [5.74, 6) is 0.449. The van der Waals surface area contributed by atoms with Crippen LogP contribution in [0.25, 0.3) is 0 Å². The van der Waals surface area contributed by atoms with E-state index in [4.69, 9.17) is 16.3 Å². The quantitative estimate of drug-likeness (QED) is 0.663. The molecule has 0 saturated carbocycles. The minimum Gasteiger partial charge on any atom is -0.381 e. The molecule has 2 amide bonds. The van der Waals surface area contributed by atoms with Crippen molar-refractivity contribution in [2.75, 3.05) is 44.3 Å². The highest BCUT2D eigenvalue weighted by Crippen LogP contribution is 2.34. The number of piperidine rings is 1. The van der Waals surface area contributed by atoms with E-state index in [0.29, 0.717) is 30.6 Å². The van der Waals surface area contributed by atoms with Crippen molar-refractivity contribution in [2.45, 2.75) is 64.1 Å². The molecule has 4 rings (SSSR count). The van der Waals surface area contributed by atoms with Gasteiger partial charge in [0.1, 0.15) is 0 Å². The molecule has 0 aliphatic carbocycles. The van der Waals surface area contributed by atoms with E-state index in [1.807, 2.05) is 24.3 Å². The van der Waals surface area contributed by atoms with E-state index in [1.54, 1.807) is 4.90 Å². The summed E-state index contributed by atoms with van der Waals surface area (Å²) in [6.45, 7) is 12.4. The SMILES string of the molecule is CC(C)(NC(=O)[C@@H]1CNC[C@H](N2CC(=O)N(c3ccccc3Cl)CC2(C)C)C1)C1CCOCC1. The van der Waals surface area contributed by atoms with Gasteiger partial charge in [-0.15, -0.1) is 0 Å². The van der Waals surface area contributed by atoms with E-state index in [1.165, 1.54) is 0 Å². The van der Waals surface area contributed by atoms with Crippen LogP contribution >= 0.6 is 11.6 Å². The predicted octanol–water partition coefficient (Wildman–Crippen LogP) is 3.07. The molecular formula is C26H39ClN4O3. The van der Waals surface area contributed by atoms with Gasteiger partial charge < -0.3 is 20.3 Å². The Labute approximate surface area is 208 Å². The van der Waals surface area contributed by atoms with Crippen molar-refractivity contribution < 1.29 is 14.3 Å². The molecule has 7 nitrogen and oxygen atoms in total. The average Bonchev–Trinajstić information content (AvgIpc) is 2.81. The Morgan fingerprint density at radius 2 is 1.91 bits per heavy atom. The van der Waals surface area contributed by atoms with E-state index >= 15 is 0 Å². The van der Waals surface area contributed by atoms with Crippen LogP contribution in [-0.4, -0.2) is 73.2 Å². The van der Waals surface area contributed by atoms with Crippen LogP contribution in [0, 0.1) is 11.8 Å². The standard InChI is InChI=1S/C26H39ClN4O3/c1-25(2)17-30(22-8-6-5-7-21(22)27)23(32)16-31(25)20-13-18(14-28-15-20)24(33)29-26(3,4)19-9-11-34-12-10-19/h5-8,18-20,28H,9-17H2,1-4H3,(H,29,33)/t18-,20+/m0/s1. The van der Waals surface area contributed by atoms with Crippen LogP contribution in [-0.2, 0) is 14.3 Å². The third kappa shape index (κ3) is 5.43. The van der Waals surface area contributed by atoms with E-state index in [2.05, 4.69) is 43.2 Å². The fourth-order valence-corrected chi connectivity index (χ4v) is 6.06. The number of anilines is 1. The van der Waals surface area contributed by atoms with Crippen molar-refractivity contribution in [2.24, 2.45) is 11.8 Å². The molecule has 0 radical (unpaired) electrons. The fourth-order valence-electron chi connectivity index (χ4n) is 5.82. The van der Waals surface area contributed by atoms with E-state index in [9.17, 15) is 9.59 Å². The summed E-state index contributed by atoms with van der Waals surface area (Å²) in [5.41, 5.74) is 0.249. The molecule has 188 valence electrons. The third-order valence-electron chi connectivity index (χ3n) is 7.90. The van der Waals surface area contributed by atoms with Crippen molar-refractivity contribution in [3.05, 3.63) is 29.3 Å². The summed E-state index contributed by atoms with van der Waals surface area (Å²) in [4.78, 5) is 30.6. The van der Waals surface area contributed by atoms with Crippen LogP contribution in [0.3, 0.4) is 0 Å². The van der Waals surface area contributed by atoms with Crippen molar-refractivity contribution in [1.29, 1.82) is 0 Å². The molecule has 3 heterocycles. The zero-order valence-corrected chi connectivity index (χ0v) is 21.7. The molecule has 3 saturated heterocycles. The lowest BCUT2D eigenvalue weighted by Gasteiger charge is -2.51. The normalized spacial score (nSPS) is 27.0. The summed E-state index contributed by atoms with van der Waals surface area (Å²) < 4.78 is 5.50. The average molecular weight is 491 g/mol. The zero-order valence-electron chi connectivity index (χ0n) is 20.9. The Hall–Kier alpha value is -1.67. The number of nitrogens with one attached hydrogen (secondary N) is 2. The van der Waals surface area contributed by atoms with Crippen LogP contribution in [0.1, 0.15) is 47.0 Å². The first-order chi connectivity index (χ1) is 16.1. The second kappa shape index (κ2) is 10.1. The molecule has 8 heteroatoms. The van der Waals surface area contributed by atoms with Crippen LogP contribution in [0.4, 0.5) is 5.69 Å². The summed E-state index contributed by atoms with van der Waals surface area (Å²) in [7, 11) is 0. The molecule has 1 aromatic carbocycles. The van der Waals surface area contributed by atoms with Gasteiger partial charge in [-0.05, 0) is 65.0 Å². The lowest BCUT2D eigenvalue weighted by Crippen LogP contribution is -2.67. The monoisotopic (exact) mass is 490 g/mol. The molecule has 1 aromatic rings. The molecule has 34 heavy (non-hydrogen) atoms. The molecular weight excluding hydrogens is 452 g/mol. The van der Waals surface area contributed by atoms with Gasteiger partial charge in [0.25, 0.3) is 0 Å². The smallest absolute Gasteiger partial charge is 0.241 e. The van der Waals surface area contributed by atoms with Gasteiger partial charge in [-0.2, -0.15) is 0 Å². The van der Waals surface area contributed by atoms with E-state index in [-0.39, 0.29) is 34.9 Å². The van der Waals surface area contributed by atoms with Gasteiger partial charge in [-0.3, -0.25) is 14.5 Å². The number of amides is 2. The molecule has 3 aliphatic rings. The Bertz CT molecular complexity index is 900. The minimum absolute atomic E-state index is 0.0413. The number of halogens is 1. The highest BCUT2D eigenvalue weighted by atomic mass is 35.5. The number of hydrogen-bond donors (Lipinski definition) is 2. The Balaban J connectivity index is 1.42. The van der Waals surface area contributed by atoms with Crippen LogP contribution < -0.4 is 15.5 Å². The van der Waals surface area contributed by atoms with Gasteiger partial charge in [0.05, 0.1) is 23.2 Å². The molecule has 0 spiro atoms. The van der Waals surface area contributed by atoms with Gasteiger partial charge in [-0.1, -0.05) is 23.7 Å². The van der Waals surface area contributed by atoms with Gasteiger partial charge in [0.15, 0.2) is 0 Å². The molecule has 0 aromatic heterocycles. The van der Waals surface area contributed by atoms with Crippen molar-refractivity contribution in [3.8, 4) is 0 Å². The zero-order chi connectivity index (χ0) is 24.5. The molecule has 0 unspecified atom stereocenters. The first-order valence-electron chi connectivity index (χ1n) is 12.5. The fraction of sp³-hybridized carbons (Fsp3) is 0.692. The number of hydrogen-bond acceptors (Lipinski definition) is 5. The van der Waals surface area contributed by atoms with Gasteiger partial charge in [0.2, 0.25) is 11.8 Å². The van der Waals surface area contributed by atoms with Crippen LogP contribution in [0.2, 0.25) is 5.02 Å². The number of carbonyl (C=O) groups is 2. The number of nitrogens with zero attached hydrogens (tertiary/aromatic N) is 2. The topological polar surface area (TPSA) is 73.9 Å². The number of para-hydroxylation sites is 1. The minimum atomic E-state index is -0.260. The number of carbonyl (C=O) groups excluding carboxylic acids is 2. The summed E-state index contributed by atoms with van der Waals surface area (Å²) in [6, 6.07) is 7.61. The number of rotatable bonds is 5. The maximum atomic E-state index is 13.3. The molecule has 2 N–H and O–H groups in total. The molecule has 3 aliphatic heterocycles. The highest BCUT2D eigenvalue weighted by Gasteiger charge is 2.44. The third-order valence-corrected chi connectivity index (χ3v) is 8.22. The van der Waals surface area contributed by atoms with Crippen LogP contribution in [0.15, 0.2) is 24.3 Å². The van der Waals surface area contributed by atoms with Crippen molar-refractivity contribution in [1.82, 2.24) is 15.5 Å². The lowest BCUT2D eigenvalue weighted by molar-refractivity contribution is -0.130. The van der Waals surface area contributed by atoms with E-state index in [0.717, 1.165) is 44.7 Å². The first kappa shape index (κ1) is 25.4. The second-order valence-corrected chi connectivity index (χ2v) is 11.6. The summed E-state index contributed by atoms with van der Waals surface area (Å²) in [5, 5.41) is 7.39. The van der Waals surface area contributed by atoms with Crippen molar-refractivity contribution >= 4 is 29.1 Å². The number of ether oxygens (including phenoxy) is 1. The molecule has 2 atom stereocenters. The van der Waals surface area contributed by atoms with Gasteiger partial charge >= 0.3 is 0 Å². The van der Waals surface area contributed by atoms with Gasteiger partial charge in [0, 0.05) is 50.0 Å². The van der Waals surface area contributed by atoms with E-state index < -0.39 is 0 Å². The maximum absolute atomic E-state index is 13.3. The Morgan fingerprint density at radius 3 is 2.62 bits per heavy atom. The van der Waals surface area contributed by atoms with Crippen molar-refractivity contribution in [3.63, 3.8) is 0 Å². The summed E-state index contributed by atoms with van der Waals surface area (Å²) in [6.07, 6.45) is 2.70. The second-order valence-electron chi connectivity index (χ2n) is 11.2. The molecule has 3 fully saturated rings.